The van der Waals surface area contributed by atoms with Crippen LogP contribution in [0.4, 0.5) is 0 Å². The van der Waals surface area contributed by atoms with Crippen LogP contribution in [0.3, 0.4) is 0 Å². The van der Waals surface area contributed by atoms with Gasteiger partial charge in [0.05, 0.1) is 13.2 Å². The fourth-order valence-electron chi connectivity index (χ4n) is 3.58. The molecule has 1 aliphatic heterocycles. The molecule has 0 radical (unpaired) electrons. The number of amidine groups is 1. The topological polar surface area (TPSA) is 86.5 Å². The SMILES string of the molecule is COCCc1cc(C(=O)CN2Cc3ccc(C)nc3C2=N)cc(C(C)(C)C)c1O. The summed E-state index contributed by atoms with van der Waals surface area (Å²) >= 11 is 0. The largest absolute Gasteiger partial charge is 0.507 e. The molecule has 2 heterocycles. The predicted octanol–water partition coefficient (Wildman–Crippen LogP) is 3.61. The highest BCUT2D eigenvalue weighted by Crippen LogP contribution is 2.35. The van der Waals surface area contributed by atoms with E-state index in [1.165, 1.54) is 0 Å². The maximum atomic E-state index is 13.1. The zero-order valence-corrected chi connectivity index (χ0v) is 17.8. The van der Waals surface area contributed by atoms with Crippen molar-refractivity contribution in [2.24, 2.45) is 0 Å². The Bertz CT molecular complexity index is 961. The Morgan fingerprint density at radius 2 is 2.03 bits per heavy atom. The van der Waals surface area contributed by atoms with E-state index >= 15 is 0 Å². The molecule has 2 aromatic rings. The molecule has 0 bridgehead atoms. The van der Waals surface area contributed by atoms with Gasteiger partial charge >= 0.3 is 0 Å². The van der Waals surface area contributed by atoms with E-state index in [0.717, 1.165) is 16.8 Å². The van der Waals surface area contributed by atoms with Crippen LogP contribution in [0.5, 0.6) is 5.75 Å². The molecule has 29 heavy (non-hydrogen) atoms. The minimum atomic E-state index is -0.305. The number of Topliss-reactive ketones (excluding diaryl/α,β-unsaturated/α-hetero) is 1. The Labute approximate surface area is 172 Å². The summed E-state index contributed by atoms with van der Waals surface area (Å²) in [6, 6.07) is 7.43. The molecule has 3 rings (SSSR count). The van der Waals surface area contributed by atoms with E-state index in [0.29, 0.717) is 36.4 Å². The van der Waals surface area contributed by atoms with Crippen molar-refractivity contribution < 1.29 is 14.6 Å². The summed E-state index contributed by atoms with van der Waals surface area (Å²) in [6.07, 6.45) is 0.528. The van der Waals surface area contributed by atoms with Crippen LogP contribution in [0.1, 0.15) is 59.2 Å². The molecule has 0 atom stereocenters. The molecule has 1 aliphatic rings. The highest BCUT2D eigenvalue weighted by Gasteiger charge is 2.29. The van der Waals surface area contributed by atoms with Gasteiger partial charge in [0.1, 0.15) is 17.3 Å². The number of nitrogens with zero attached hydrogens (tertiary/aromatic N) is 2. The smallest absolute Gasteiger partial charge is 0.182 e. The van der Waals surface area contributed by atoms with E-state index < -0.39 is 0 Å². The van der Waals surface area contributed by atoms with Gasteiger partial charge in [-0.2, -0.15) is 0 Å². The van der Waals surface area contributed by atoms with Crippen LogP contribution in [0.2, 0.25) is 0 Å². The average molecular weight is 396 g/mol. The van der Waals surface area contributed by atoms with Crippen LogP contribution < -0.4 is 0 Å². The first-order valence-electron chi connectivity index (χ1n) is 9.80. The van der Waals surface area contributed by atoms with Crippen LogP contribution in [0.15, 0.2) is 24.3 Å². The molecule has 0 fully saturated rings. The molecule has 154 valence electrons. The van der Waals surface area contributed by atoms with Crippen LogP contribution in [-0.4, -0.2) is 46.9 Å². The van der Waals surface area contributed by atoms with Crippen molar-refractivity contribution in [3.63, 3.8) is 0 Å². The second-order valence-electron chi connectivity index (χ2n) is 8.61. The number of benzene rings is 1. The number of ether oxygens (including phenoxy) is 1. The Kier molecular flexibility index (Phi) is 5.75. The van der Waals surface area contributed by atoms with E-state index in [1.54, 1.807) is 24.1 Å². The second kappa shape index (κ2) is 7.95. The number of aromatic nitrogens is 1. The summed E-state index contributed by atoms with van der Waals surface area (Å²) in [5.41, 5.74) is 4.17. The first kappa shape index (κ1) is 21.0. The molecule has 0 saturated carbocycles. The number of aromatic hydroxyl groups is 1. The van der Waals surface area contributed by atoms with E-state index in [9.17, 15) is 9.90 Å². The summed E-state index contributed by atoms with van der Waals surface area (Å²) in [4.78, 5) is 19.3. The molecule has 0 saturated heterocycles. The summed E-state index contributed by atoms with van der Waals surface area (Å²) in [5.74, 6) is 0.432. The van der Waals surface area contributed by atoms with Crippen molar-refractivity contribution in [2.75, 3.05) is 20.3 Å². The van der Waals surface area contributed by atoms with Crippen LogP contribution in [-0.2, 0) is 23.1 Å². The van der Waals surface area contributed by atoms with E-state index in [4.69, 9.17) is 10.1 Å². The lowest BCUT2D eigenvalue weighted by molar-refractivity contribution is 0.0962. The van der Waals surface area contributed by atoms with E-state index in [1.807, 2.05) is 39.8 Å². The summed E-state index contributed by atoms with van der Waals surface area (Å²) in [5, 5.41) is 19.1. The Hall–Kier alpha value is -2.73. The zero-order chi connectivity index (χ0) is 21.3. The van der Waals surface area contributed by atoms with Crippen molar-refractivity contribution in [1.82, 2.24) is 9.88 Å². The standard InChI is InChI=1S/C23H29N3O3/c1-14-6-7-16-12-26(22(24)20(16)25-14)13-19(27)17-10-15(8-9-29-5)21(28)18(11-17)23(2,3)4/h6-7,10-11,24,28H,8-9,12-13H2,1-5H3. The van der Waals surface area contributed by atoms with Gasteiger partial charge in [-0.15, -0.1) is 0 Å². The number of pyridine rings is 1. The Morgan fingerprint density at radius 3 is 2.69 bits per heavy atom. The Morgan fingerprint density at radius 1 is 1.31 bits per heavy atom. The maximum Gasteiger partial charge on any atom is 0.182 e. The summed E-state index contributed by atoms with van der Waals surface area (Å²) in [6.45, 7) is 9.01. The minimum Gasteiger partial charge on any atom is -0.507 e. The third-order valence-electron chi connectivity index (χ3n) is 5.25. The lowest BCUT2D eigenvalue weighted by atomic mass is 9.83. The van der Waals surface area contributed by atoms with Crippen molar-refractivity contribution in [2.45, 2.75) is 46.1 Å². The Balaban J connectivity index is 1.88. The molecular formula is C23H29N3O3. The average Bonchev–Trinajstić information content (AvgIpc) is 2.95. The van der Waals surface area contributed by atoms with Crippen molar-refractivity contribution >= 4 is 11.6 Å². The number of methoxy groups -OCH3 is 1. The van der Waals surface area contributed by atoms with Gasteiger partial charge in [-0.3, -0.25) is 10.2 Å². The molecule has 0 unspecified atom stereocenters. The number of carbonyl (C=O) groups excluding carboxylic acids is 1. The normalized spacial score (nSPS) is 13.7. The first-order chi connectivity index (χ1) is 13.6. The number of phenols is 1. The maximum absolute atomic E-state index is 13.1. The monoisotopic (exact) mass is 395 g/mol. The minimum absolute atomic E-state index is 0.0801. The van der Waals surface area contributed by atoms with E-state index in [2.05, 4.69) is 4.98 Å². The van der Waals surface area contributed by atoms with Gasteiger partial charge in [-0.05, 0) is 42.5 Å². The third kappa shape index (κ3) is 4.32. The van der Waals surface area contributed by atoms with Gasteiger partial charge in [-0.25, -0.2) is 4.98 Å². The number of ketones is 1. The lowest BCUT2D eigenvalue weighted by Crippen LogP contribution is -2.30. The molecule has 0 amide bonds. The molecule has 6 nitrogen and oxygen atoms in total. The van der Waals surface area contributed by atoms with E-state index in [-0.39, 0.29) is 29.3 Å². The molecular weight excluding hydrogens is 366 g/mol. The van der Waals surface area contributed by atoms with Crippen molar-refractivity contribution in [3.8, 4) is 5.75 Å². The summed E-state index contributed by atoms with van der Waals surface area (Å²) in [7, 11) is 1.61. The summed E-state index contributed by atoms with van der Waals surface area (Å²) < 4.78 is 5.15. The van der Waals surface area contributed by atoms with Crippen LogP contribution in [0, 0.1) is 12.3 Å². The van der Waals surface area contributed by atoms with Crippen molar-refractivity contribution in [3.05, 3.63) is 57.9 Å². The quantitative estimate of drug-likeness (QED) is 0.730. The highest BCUT2D eigenvalue weighted by molar-refractivity contribution is 6.04. The predicted molar refractivity (Wildman–Crippen MR) is 113 cm³/mol. The molecule has 6 heteroatoms. The number of aryl methyl sites for hydroxylation is 1. The van der Waals surface area contributed by atoms with Gasteiger partial charge in [0.15, 0.2) is 5.78 Å². The first-order valence-corrected chi connectivity index (χ1v) is 9.80. The fraction of sp³-hybridized carbons (Fsp3) is 0.435. The fourth-order valence-corrected chi connectivity index (χ4v) is 3.58. The number of hydrogen-bond acceptors (Lipinski definition) is 5. The number of nitrogens with one attached hydrogen (secondary N) is 1. The van der Waals surface area contributed by atoms with Crippen LogP contribution in [0.25, 0.3) is 0 Å². The van der Waals surface area contributed by atoms with Gasteiger partial charge in [0.25, 0.3) is 0 Å². The molecule has 1 aromatic carbocycles. The number of hydrogen-bond donors (Lipinski definition) is 2. The zero-order valence-electron chi connectivity index (χ0n) is 17.8. The lowest BCUT2D eigenvalue weighted by Gasteiger charge is -2.24. The highest BCUT2D eigenvalue weighted by atomic mass is 16.5. The third-order valence-corrected chi connectivity index (χ3v) is 5.25. The second-order valence-corrected chi connectivity index (χ2v) is 8.61. The number of phenolic OH excluding ortho intramolecular Hbond substituents is 1. The molecule has 1 aromatic heterocycles. The van der Waals surface area contributed by atoms with Gasteiger partial charge in [-0.1, -0.05) is 26.8 Å². The number of fused-ring (bicyclic) bond motifs is 1. The van der Waals surface area contributed by atoms with Gasteiger partial charge in [0.2, 0.25) is 0 Å². The molecule has 2 N–H and O–H groups in total. The van der Waals surface area contributed by atoms with Gasteiger partial charge in [0, 0.05) is 36.0 Å². The van der Waals surface area contributed by atoms with Crippen molar-refractivity contribution in [1.29, 1.82) is 5.41 Å². The number of carbonyl (C=O) groups is 1. The van der Waals surface area contributed by atoms with Crippen LogP contribution >= 0.6 is 0 Å². The molecule has 0 spiro atoms. The molecule has 0 aliphatic carbocycles. The van der Waals surface area contributed by atoms with Gasteiger partial charge < -0.3 is 14.7 Å². The number of rotatable bonds is 6.